The molecule has 1 aliphatic heterocycles. The predicted molar refractivity (Wildman–Crippen MR) is 99.4 cm³/mol. The van der Waals surface area contributed by atoms with Gasteiger partial charge in [0.25, 0.3) is 5.69 Å². The van der Waals surface area contributed by atoms with Gasteiger partial charge in [-0.3, -0.25) is 19.7 Å². The molecule has 26 heavy (non-hydrogen) atoms. The fraction of sp³-hybridized carbons (Fsp3) is 0.263. The van der Waals surface area contributed by atoms with Gasteiger partial charge in [-0.2, -0.15) is 0 Å². The van der Waals surface area contributed by atoms with Crippen molar-refractivity contribution in [1.29, 1.82) is 0 Å². The van der Waals surface area contributed by atoms with Crippen LogP contribution in [0.2, 0.25) is 0 Å². The number of ketones is 1. The van der Waals surface area contributed by atoms with Crippen LogP contribution in [0, 0.1) is 10.1 Å². The summed E-state index contributed by atoms with van der Waals surface area (Å²) >= 11 is 0. The summed E-state index contributed by atoms with van der Waals surface area (Å²) in [5, 5.41) is 11.3. The number of nitrogens with zero attached hydrogens (tertiary/aromatic N) is 3. The second kappa shape index (κ2) is 7.35. The van der Waals surface area contributed by atoms with Gasteiger partial charge in [0.1, 0.15) is 12.0 Å². The number of Topliss-reactive ketones (excluding diaryl/α,β-unsaturated/α-hetero) is 1. The lowest BCUT2D eigenvalue weighted by Crippen LogP contribution is -2.46. The van der Waals surface area contributed by atoms with Crippen LogP contribution in [0.15, 0.2) is 42.5 Å². The Bertz CT molecular complexity index is 840. The van der Waals surface area contributed by atoms with Crippen LogP contribution in [0.25, 0.3) is 0 Å². The molecule has 7 nitrogen and oxygen atoms in total. The number of rotatable bonds is 5. The van der Waals surface area contributed by atoms with Crippen molar-refractivity contribution in [2.45, 2.75) is 6.92 Å². The van der Waals surface area contributed by atoms with E-state index in [2.05, 4.69) is 4.90 Å². The third kappa shape index (κ3) is 3.56. The number of benzene rings is 2. The second-order valence-electron chi connectivity index (χ2n) is 6.20. The van der Waals surface area contributed by atoms with Gasteiger partial charge in [-0.25, -0.2) is 0 Å². The molecule has 0 saturated carbocycles. The number of aldehydes is 1. The molecule has 0 amide bonds. The van der Waals surface area contributed by atoms with E-state index in [9.17, 15) is 19.7 Å². The molecule has 0 aromatic heterocycles. The molecule has 0 aliphatic carbocycles. The van der Waals surface area contributed by atoms with Crippen LogP contribution in [0.3, 0.4) is 0 Å². The average molecular weight is 353 g/mol. The van der Waals surface area contributed by atoms with Crippen molar-refractivity contribution in [2.24, 2.45) is 0 Å². The van der Waals surface area contributed by atoms with E-state index in [-0.39, 0.29) is 11.5 Å². The molecule has 0 bridgehead atoms. The fourth-order valence-corrected chi connectivity index (χ4v) is 3.14. The summed E-state index contributed by atoms with van der Waals surface area (Å²) in [5.41, 5.74) is 2.49. The minimum Gasteiger partial charge on any atom is -0.368 e. The first-order chi connectivity index (χ1) is 12.5. The highest BCUT2D eigenvalue weighted by Gasteiger charge is 2.24. The summed E-state index contributed by atoms with van der Waals surface area (Å²) < 4.78 is 0. The molecule has 1 heterocycles. The molecule has 134 valence electrons. The van der Waals surface area contributed by atoms with Gasteiger partial charge in [0, 0.05) is 49.1 Å². The standard InChI is InChI=1S/C19H19N3O4/c1-14(24)16-3-5-17(6-4-16)20-8-10-21(11-9-20)18-7-2-15(13-23)12-19(18)22(25)26/h2-7,12-13H,8-11H2,1H3. The Morgan fingerprint density at radius 1 is 1.04 bits per heavy atom. The Balaban J connectivity index is 1.73. The lowest BCUT2D eigenvalue weighted by molar-refractivity contribution is -0.384. The molecule has 0 spiro atoms. The van der Waals surface area contributed by atoms with Gasteiger partial charge in [-0.05, 0) is 43.3 Å². The molecule has 1 aliphatic rings. The summed E-state index contributed by atoms with van der Waals surface area (Å²) in [6.07, 6.45) is 0.611. The molecule has 3 rings (SSSR count). The van der Waals surface area contributed by atoms with E-state index in [0.29, 0.717) is 49.3 Å². The number of carbonyl (C=O) groups is 2. The highest BCUT2D eigenvalue weighted by molar-refractivity contribution is 5.94. The summed E-state index contributed by atoms with van der Waals surface area (Å²) in [6.45, 7) is 4.24. The van der Waals surface area contributed by atoms with Gasteiger partial charge in [0.05, 0.1) is 4.92 Å². The Hall–Kier alpha value is -3.22. The quantitative estimate of drug-likeness (QED) is 0.356. The number of carbonyl (C=O) groups excluding carboxylic acids is 2. The molecule has 0 radical (unpaired) electrons. The van der Waals surface area contributed by atoms with Gasteiger partial charge < -0.3 is 9.80 Å². The van der Waals surface area contributed by atoms with Crippen LogP contribution < -0.4 is 9.80 Å². The molecule has 7 heteroatoms. The van der Waals surface area contributed by atoms with E-state index in [1.54, 1.807) is 12.1 Å². The van der Waals surface area contributed by atoms with Crippen LogP contribution in [-0.2, 0) is 0 Å². The number of hydrogen-bond donors (Lipinski definition) is 0. The maximum Gasteiger partial charge on any atom is 0.293 e. The molecule has 2 aromatic carbocycles. The Morgan fingerprint density at radius 2 is 1.65 bits per heavy atom. The van der Waals surface area contributed by atoms with Crippen molar-refractivity contribution >= 4 is 29.1 Å². The first-order valence-corrected chi connectivity index (χ1v) is 8.34. The maximum atomic E-state index is 11.4. The lowest BCUT2D eigenvalue weighted by atomic mass is 10.1. The Morgan fingerprint density at radius 3 is 2.19 bits per heavy atom. The van der Waals surface area contributed by atoms with Gasteiger partial charge >= 0.3 is 0 Å². The minimum absolute atomic E-state index is 0.0347. The van der Waals surface area contributed by atoms with E-state index in [1.807, 2.05) is 29.2 Å². The van der Waals surface area contributed by atoms with Crippen molar-refractivity contribution in [3.05, 3.63) is 63.7 Å². The molecule has 2 aromatic rings. The zero-order chi connectivity index (χ0) is 18.7. The molecule has 0 unspecified atom stereocenters. The normalized spacial score (nSPS) is 14.2. The highest BCUT2D eigenvalue weighted by Crippen LogP contribution is 2.30. The molecule has 1 saturated heterocycles. The van der Waals surface area contributed by atoms with Crippen molar-refractivity contribution in [2.75, 3.05) is 36.0 Å². The van der Waals surface area contributed by atoms with Crippen LogP contribution in [0.1, 0.15) is 27.6 Å². The van der Waals surface area contributed by atoms with E-state index in [1.165, 1.54) is 13.0 Å². The van der Waals surface area contributed by atoms with Crippen LogP contribution in [-0.4, -0.2) is 43.2 Å². The number of nitro groups is 1. The van der Waals surface area contributed by atoms with Crippen molar-refractivity contribution in [1.82, 2.24) is 0 Å². The smallest absolute Gasteiger partial charge is 0.293 e. The first kappa shape index (κ1) is 17.6. The van der Waals surface area contributed by atoms with Gasteiger partial charge in [-0.15, -0.1) is 0 Å². The SMILES string of the molecule is CC(=O)c1ccc(N2CCN(c3ccc(C=O)cc3[N+](=O)[O-])CC2)cc1. The van der Waals surface area contributed by atoms with Crippen LogP contribution >= 0.6 is 0 Å². The van der Waals surface area contributed by atoms with Crippen molar-refractivity contribution in [3.8, 4) is 0 Å². The highest BCUT2D eigenvalue weighted by atomic mass is 16.6. The lowest BCUT2D eigenvalue weighted by Gasteiger charge is -2.37. The number of anilines is 2. The largest absolute Gasteiger partial charge is 0.368 e. The third-order valence-electron chi connectivity index (χ3n) is 4.59. The van der Waals surface area contributed by atoms with E-state index >= 15 is 0 Å². The summed E-state index contributed by atoms with van der Waals surface area (Å²) in [7, 11) is 0. The maximum absolute atomic E-state index is 11.4. The summed E-state index contributed by atoms with van der Waals surface area (Å²) in [4.78, 5) is 37.3. The van der Waals surface area contributed by atoms with Crippen molar-refractivity contribution in [3.63, 3.8) is 0 Å². The third-order valence-corrected chi connectivity index (χ3v) is 4.59. The van der Waals surface area contributed by atoms with Gasteiger partial charge in [0.15, 0.2) is 5.78 Å². The fourth-order valence-electron chi connectivity index (χ4n) is 3.14. The predicted octanol–water partition coefficient (Wildman–Crippen LogP) is 2.94. The van der Waals surface area contributed by atoms with Crippen molar-refractivity contribution < 1.29 is 14.5 Å². The molecule has 0 atom stereocenters. The number of piperazine rings is 1. The second-order valence-corrected chi connectivity index (χ2v) is 6.20. The number of hydrogen-bond acceptors (Lipinski definition) is 6. The molecular weight excluding hydrogens is 334 g/mol. The van der Waals surface area contributed by atoms with Gasteiger partial charge in [0.2, 0.25) is 0 Å². The Kier molecular flexibility index (Phi) is 4.97. The minimum atomic E-state index is -0.449. The molecular formula is C19H19N3O4. The zero-order valence-electron chi connectivity index (χ0n) is 14.4. The average Bonchev–Trinajstić information content (AvgIpc) is 2.67. The topological polar surface area (TPSA) is 83.8 Å². The van der Waals surface area contributed by atoms with Crippen LogP contribution in [0.5, 0.6) is 0 Å². The monoisotopic (exact) mass is 353 g/mol. The summed E-state index contributed by atoms with van der Waals surface area (Å²) in [6, 6.07) is 12.0. The molecule has 1 fully saturated rings. The Labute approximate surface area is 151 Å². The first-order valence-electron chi connectivity index (χ1n) is 8.34. The van der Waals surface area contributed by atoms with E-state index in [4.69, 9.17) is 0 Å². The molecule has 0 N–H and O–H groups in total. The zero-order valence-corrected chi connectivity index (χ0v) is 14.4. The van der Waals surface area contributed by atoms with Crippen LogP contribution in [0.4, 0.5) is 17.1 Å². The van der Waals surface area contributed by atoms with Gasteiger partial charge in [-0.1, -0.05) is 0 Å². The van der Waals surface area contributed by atoms with E-state index < -0.39 is 4.92 Å². The summed E-state index contributed by atoms with van der Waals surface area (Å²) in [5.74, 6) is 0.0347. The number of nitro benzene ring substituents is 1. The van der Waals surface area contributed by atoms with E-state index in [0.717, 1.165) is 5.69 Å².